The van der Waals surface area contributed by atoms with Gasteiger partial charge in [0.05, 0.1) is 20.0 Å². The lowest BCUT2D eigenvalue weighted by molar-refractivity contribution is 0.397. The van der Waals surface area contributed by atoms with Crippen LogP contribution in [0.1, 0.15) is 17.5 Å². The van der Waals surface area contributed by atoms with Crippen molar-refractivity contribution in [1.29, 1.82) is 0 Å². The largest absolute Gasteiger partial charge is 0.497 e. The summed E-state index contributed by atoms with van der Waals surface area (Å²) in [5.74, 6) is 1.42. The van der Waals surface area contributed by atoms with Gasteiger partial charge in [0.1, 0.15) is 11.5 Å². The minimum atomic E-state index is -3.52. The van der Waals surface area contributed by atoms with Gasteiger partial charge in [0.25, 0.3) is 0 Å². The minimum absolute atomic E-state index is 0.0472. The van der Waals surface area contributed by atoms with Crippen LogP contribution in [0.4, 0.5) is 0 Å². The summed E-state index contributed by atoms with van der Waals surface area (Å²) < 4.78 is 38.0. The molecule has 7 heteroatoms. The number of thiol groups is 1. The van der Waals surface area contributed by atoms with Gasteiger partial charge < -0.3 is 9.47 Å². The average Bonchev–Trinajstić information content (AvgIpc) is 2.68. The number of methoxy groups -OCH3 is 2. The summed E-state index contributed by atoms with van der Waals surface area (Å²) in [5.41, 5.74) is 1.77. The zero-order valence-electron chi connectivity index (χ0n) is 16.2. The monoisotopic (exact) mass is 421 g/mol. The zero-order chi connectivity index (χ0) is 20.6. The molecule has 0 aliphatic heterocycles. The van der Waals surface area contributed by atoms with Crippen molar-refractivity contribution in [1.82, 2.24) is 4.31 Å². The second-order valence-electron chi connectivity index (χ2n) is 6.42. The molecule has 0 radical (unpaired) electrons. The van der Waals surface area contributed by atoms with E-state index in [2.05, 4.69) is 19.2 Å². The second kappa shape index (κ2) is 10.5. The van der Waals surface area contributed by atoms with E-state index in [9.17, 15) is 8.42 Å². The van der Waals surface area contributed by atoms with Gasteiger partial charge in [-0.1, -0.05) is 30.3 Å². The molecule has 0 saturated heterocycles. The molecular weight excluding hydrogens is 394 g/mol. The number of hydrogen-bond acceptors (Lipinski definition) is 5. The molecule has 0 spiro atoms. The molecule has 0 amide bonds. The van der Waals surface area contributed by atoms with Gasteiger partial charge in [-0.25, -0.2) is 8.42 Å². The Labute approximate surface area is 173 Å². The molecule has 0 aromatic heterocycles. The van der Waals surface area contributed by atoms with E-state index in [1.165, 1.54) is 4.31 Å². The molecule has 0 heterocycles. The van der Waals surface area contributed by atoms with Crippen molar-refractivity contribution < 1.29 is 17.9 Å². The maximum absolute atomic E-state index is 13.1. The molecule has 0 N–H and O–H groups in total. The van der Waals surface area contributed by atoms with Crippen LogP contribution in [0.15, 0.2) is 61.2 Å². The van der Waals surface area contributed by atoms with Crippen LogP contribution in [0.25, 0.3) is 0 Å². The van der Waals surface area contributed by atoms with Crippen molar-refractivity contribution in [2.24, 2.45) is 0 Å². The van der Waals surface area contributed by atoms with E-state index in [1.54, 1.807) is 20.3 Å². The van der Waals surface area contributed by atoms with Gasteiger partial charge in [0.2, 0.25) is 10.0 Å². The van der Waals surface area contributed by atoms with E-state index in [-0.39, 0.29) is 24.1 Å². The van der Waals surface area contributed by atoms with Gasteiger partial charge in [-0.2, -0.15) is 16.9 Å². The molecule has 0 aliphatic rings. The van der Waals surface area contributed by atoms with Gasteiger partial charge in [-0.05, 0) is 41.8 Å². The number of allylic oxidation sites excluding steroid dienone is 1. The number of nitrogens with zero attached hydrogens (tertiary/aromatic N) is 1. The van der Waals surface area contributed by atoms with Gasteiger partial charge in [-0.3, -0.25) is 0 Å². The third-order valence-corrected chi connectivity index (χ3v) is 6.78. The Morgan fingerprint density at radius 2 is 1.39 bits per heavy atom. The maximum atomic E-state index is 13.1. The zero-order valence-corrected chi connectivity index (χ0v) is 18.0. The van der Waals surface area contributed by atoms with Crippen molar-refractivity contribution in [3.05, 3.63) is 72.3 Å². The highest BCUT2D eigenvalue weighted by atomic mass is 32.2. The molecule has 1 atom stereocenters. The summed E-state index contributed by atoms with van der Waals surface area (Å²) in [4.78, 5) is 0. The molecule has 0 unspecified atom stereocenters. The van der Waals surface area contributed by atoms with Crippen LogP contribution in [0.3, 0.4) is 0 Å². The van der Waals surface area contributed by atoms with Crippen LogP contribution in [0.2, 0.25) is 0 Å². The maximum Gasteiger partial charge on any atom is 0.215 e. The fourth-order valence-electron chi connectivity index (χ4n) is 2.73. The number of hydrogen-bond donors (Lipinski definition) is 1. The Kier molecular flexibility index (Phi) is 8.41. The Hall–Kier alpha value is -1.96. The van der Waals surface area contributed by atoms with E-state index >= 15 is 0 Å². The predicted octanol–water partition coefficient (Wildman–Crippen LogP) is 3.91. The van der Waals surface area contributed by atoms with Crippen LogP contribution >= 0.6 is 12.6 Å². The molecular formula is C21H27NO4S2. The number of sulfonamides is 1. The highest BCUT2D eigenvalue weighted by Gasteiger charge is 2.25. The Morgan fingerprint density at radius 1 is 0.964 bits per heavy atom. The summed E-state index contributed by atoms with van der Waals surface area (Å²) in [7, 11) is -0.327. The van der Waals surface area contributed by atoms with E-state index in [1.807, 2.05) is 48.5 Å². The molecule has 0 saturated carbocycles. The lowest BCUT2D eigenvalue weighted by Gasteiger charge is -2.24. The van der Waals surface area contributed by atoms with Gasteiger partial charge in [0.15, 0.2) is 0 Å². The van der Waals surface area contributed by atoms with Gasteiger partial charge >= 0.3 is 0 Å². The normalized spacial score (nSPS) is 12.6. The van der Waals surface area contributed by atoms with Crippen LogP contribution in [0, 0.1) is 0 Å². The number of rotatable bonds is 11. The first-order valence-electron chi connectivity index (χ1n) is 8.90. The molecule has 28 heavy (non-hydrogen) atoms. The van der Waals surface area contributed by atoms with Crippen molar-refractivity contribution >= 4 is 22.7 Å². The first kappa shape index (κ1) is 22.3. The number of ether oxygens (including phenoxy) is 2. The second-order valence-corrected chi connectivity index (χ2v) is 9.16. The fourth-order valence-corrected chi connectivity index (χ4v) is 4.97. The summed E-state index contributed by atoms with van der Waals surface area (Å²) in [5, 5.41) is -0.295. The van der Waals surface area contributed by atoms with E-state index in [0.717, 1.165) is 22.6 Å². The Balaban J connectivity index is 2.25. The molecule has 0 bridgehead atoms. The SMILES string of the molecule is C=CC[C@@H](S)CS(=O)(=O)N(Cc1ccc(OC)cc1)Cc1ccc(OC)cc1. The average molecular weight is 422 g/mol. The van der Waals surface area contributed by atoms with Crippen LogP contribution < -0.4 is 9.47 Å². The van der Waals surface area contributed by atoms with Crippen LogP contribution in [0.5, 0.6) is 11.5 Å². The van der Waals surface area contributed by atoms with Gasteiger partial charge in [0, 0.05) is 18.3 Å². The first-order valence-corrected chi connectivity index (χ1v) is 11.0. The molecule has 152 valence electrons. The highest BCUT2D eigenvalue weighted by Crippen LogP contribution is 2.21. The van der Waals surface area contributed by atoms with Crippen molar-refractivity contribution in [2.45, 2.75) is 24.8 Å². The highest BCUT2D eigenvalue weighted by molar-refractivity contribution is 7.90. The van der Waals surface area contributed by atoms with Crippen molar-refractivity contribution in [3.8, 4) is 11.5 Å². The van der Waals surface area contributed by atoms with E-state index in [4.69, 9.17) is 9.47 Å². The quantitative estimate of drug-likeness (QED) is 0.441. The van der Waals surface area contributed by atoms with E-state index < -0.39 is 10.0 Å². The van der Waals surface area contributed by atoms with Crippen LogP contribution in [-0.2, 0) is 23.1 Å². The molecule has 2 aromatic carbocycles. The van der Waals surface area contributed by atoms with Gasteiger partial charge in [-0.15, -0.1) is 6.58 Å². The minimum Gasteiger partial charge on any atom is -0.497 e. The van der Waals surface area contributed by atoms with Crippen molar-refractivity contribution in [2.75, 3.05) is 20.0 Å². The molecule has 0 fully saturated rings. The fraction of sp³-hybridized carbons (Fsp3) is 0.333. The molecule has 5 nitrogen and oxygen atoms in total. The summed E-state index contributed by atoms with van der Waals surface area (Å²) >= 11 is 4.39. The van der Waals surface area contributed by atoms with Crippen molar-refractivity contribution in [3.63, 3.8) is 0 Å². The van der Waals surface area contributed by atoms with Crippen LogP contribution in [-0.4, -0.2) is 37.9 Å². The Morgan fingerprint density at radius 3 is 1.75 bits per heavy atom. The lowest BCUT2D eigenvalue weighted by Crippen LogP contribution is -2.34. The first-order chi connectivity index (χ1) is 13.4. The van der Waals surface area contributed by atoms with E-state index in [0.29, 0.717) is 6.42 Å². The lowest BCUT2D eigenvalue weighted by atomic mass is 10.2. The third kappa shape index (κ3) is 6.58. The summed E-state index contributed by atoms with van der Waals surface area (Å²) in [6.45, 7) is 4.20. The summed E-state index contributed by atoms with van der Waals surface area (Å²) in [6.07, 6.45) is 2.21. The molecule has 0 aliphatic carbocycles. The Bertz CT molecular complexity index is 799. The number of benzene rings is 2. The summed E-state index contributed by atoms with van der Waals surface area (Å²) in [6, 6.07) is 14.8. The third-order valence-electron chi connectivity index (χ3n) is 4.27. The molecule has 2 aromatic rings. The standard InChI is InChI=1S/C21H27NO4S2/c1-4-5-21(27)16-28(23,24)22(14-17-6-10-19(25-2)11-7-17)15-18-8-12-20(26-3)13-9-18/h4,6-13,21,27H,1,5,14-16H2,2-3H3/t21-/m1/s1. The smallest absolute Gasteiger partial charge is 0.215 e. The topological polar surface area (TPSA) is 55.8 Å². The predicted molar refractivity (Wildman–Crippen MR) is 117 cm³/mol. The molecule has 2 rings (SSSR count).